The van der Waals surface area contributed by atoms with Gasteiger partial charge in [-0.1, -0.05) is 32.0 Å². The predicted molar refractivity (Wildman–Crippen MR) is 81.1 cm³/mol. The van der Waals surface area contributed by atoms with Gasteiger partial charge in [-0.2, -0.15) is 4.83 Å². The minimum atomic E-state index is -3.66. The molecule has 0 radical (unpaired) electrons. The van der Waals surface area contributed by atoms with Crippen molar-refractivity contribution in [2.75, 3.05) is 0 Å². The molecule has 4 nitrogen and oxygen atoms in total. The summed E-state index contributed by atoms with van der Waals surface area (Å²) < 4.78 is 24.1. The summed E-state index contributed by atoms with van der Waals surface area (Å²) in [6.45, 7) is 8.07. The van der Waals surface area contributed by atoms with Crippen molar-refractivity contribution in [1.82, 2.24) is 4.83 Å². The van der Waals surface area contributed by atoms with Gasteiger partial charge in [0.15, 0.2) is 0 Å². The lowest BCUT2D eigenvalue weighted by atomic mass is 10.0. The van der Waals surface area contributed by atoms with E-state index in [9.17, 15) is 8.42 Å². The van der Waals surface area contributed by atoms with Gasteiger partial charge in [-0.15, -0.1) is 0 Å². The number of nitrogens with two attached hydrogens (primary N) is 1. The Balaban J connectivity index is 2.83. The first-order valence-corrected chi connectivity index (χ1v) is 8.02. The molecule has 0 atom stereocenters. The molecule has 3 N–H and O–H groups in total. The molecule has 20 heavy (non-hydrogen) atoms. The highest BCUT2D eigenvalue weighted by molar-refractivity contribution is 7.89. The zero-order valence-corrected chi connectivity index (χ0v) is 13.0. The van der Waals surface area contributed by atoms with Crippen molar-refractivity contribution in [1.29, 1.82) is 0 Å². The highest BCUT2D eigenvalue weighted by Crippen LogP contribution is 2.38. The van der Waals surface area contributed by atoms with Crippen LogP contribution in [0.5, 0.6) is 0 Å². The van der Waals surface area contributed by atoms with Gasteiger partial charge in [0.25, 0.3) is 10.0 Å². The molecule has 0 bridgehead atoms. The fraction of sp³-hybridized carbons (Fsp3) is 0.333. The lowest BCUT2D eigenvalue weighted by Gasteiger charge is -2.06. The van der Waals surface area contributed by atoms with Crippen molar-refractivity contribution < 1.29 is 8.42 Å². The van der Waals surface area contributed by atoms with E-state index in [2.05, 4.69) is 19.9 Å². The monoisotopic (exact) mass is 292 g/mol. The molecule has 0 aromatic heterocycles. The van der Waals surface area contributed by atoms with E-state index in [1.54, 1.807) is 6.07 Å². The van der Waals surface area contributed by atoms with Gasteiger partial charge in [-0.3, -0.25) is 5.84 Å². The summed E-state index contributed by atoms with van der Waals surface area (Å²) in [5, 5.41) is 0. The quantitative estimate of drug-likeness (QED) is 0.675. The maximum absolute atomic E-state index is 12.1. The van der Waals surface area contributed by atoms with E-state index in [4.69, 9.17) is 5.84 Å². The van der Waals surface area contributed by atoms with Crippen LogP contribution in [-0.4, -0.2) is 8.42 Å². The van der Waals surface area contributed by atoms with Crippen LogP contribution in [0.15, 0.2) is 29.2 Å². The molecule has 0 unspecified atom stereocenters. The Morgan fingerprint density at radius 2 is 1.75 bits per heavy atom. The summed E-state index contributed by atoms with van der Waals surface area (Å²) in [4.78, 5) is 2.16. The van der Waals surface area contributed by atoms with E-state index in [0.717, 1.165) is 22.3 Å². The second kappa shape index (κ2) is 5.16. The van der Waals surface area contributed by atoms with Crippen LogP contribution in [-0.2, 0) is 10.0 Å². The second-order valence-corrected chi connectivity index (χ2v) is 7.10. The van der Waals surface area contributed by atoms with Gasteiger partial charge >= 0.3 is 0 Å². The summed E-state index contributed by atoms with van der Waals surface area (Å²) in [6, 6.07) is 7.76. The Hall–Kier alpha value is -1.43. The molecule has 0 saturated heterocycles. The average Bonchev–Trinajstić information content (AvgIpc) is 2.60. The van der Waals surface area contributed by atoms with E-state index in [1.807, 2.05) is 30.8 Å². The highest BCUT2D eigenvalue weighted by Gasteiger charge is 2.24. The van der Waals surface area contributed by atoms with Crippen molar-refractivity contribution in [3.05, 3.63) is 41.0 Å². The molecule has 0 aromatic carbocycles. The van der Waals surface area contributed by atoms with Crippen molar-refractivity contribution >= 4 is 10.0 Å². The minimum absolute atomic E-state index is 0.246. The zero-order chi connectivity index (χ0) is 15.1. The predicted octanol–water partition coefficient (Wildman–Crippen LogP) is 2.68. The van der Waals surface area contributed by atoms with Gasteiger partial charge in [0.05, 0.1) is 4.90 Å². The van der Waals surface area contributed by atoms with E-state index in [-0.39, 0.29) is 4.90 Å². The van der Waals surface area contributed by atoms with Crippen LogP contribution in [0.2, 0.25) is 0 Å². The molecular weight excluding hydrogens is 272 g/mol. The summed E-state index contributed by atoms with van der Waals surface area (Å²) in [7, 11) is -3.66. The van der Waals surface area contributed by atoms with Gasteiger partial charge in [-0.25, -0.2) is 8.42 Å². The van der Waals surface area contributed by atoms with E-state index in [0.29, 0.717) is 5.92 Å². The normalized spacial score (nSPS) is 12.3. The molecule has 5 heteroatoms. The van der Waals surface area contributed by atoms with Gasteiger partial charge in [0, 0.05) is 5.56 Å². The van der Waals surface area contributed by atoms with Crippen LogP contribution in [0, 0.1) is 13.8 Å². The van der Waals surface area contributed by atoms with Crippen molar-refractivity contribution in [3.63, 3.8) is 0 Å². The molecule has 2 aliphatic rings. The molecule has 0 spiro atoms. The lowest BCUT2D eigenvalue weighted by Crippen LogP contribution is -2.30. The average molecular weight is 292 g/mol. The van der Waals surface area contributed by atoms with Crippen LogP contribution in [0.3, 0.4) is 0 Å². The molecule has 2 aliphatic carbocycles. The largest absolute Gasteiger partial charge is 0.257 e. The molecule has 108 valence electrons. The number of nitrogens with one attached hydrogen (secondary N) is 1. The number of hydrogen-bond acceptors (Lipinski definition) is 3. The van der Waals surface area contributed by atoms with E-state index >= 15 is 0 Å². The molecule has 0 saturated carbocycles. The van der Waals surface area contributed by atoms with E-state index < -0.39 is 10.0 Å². The summed E-state index contributed by atoms with van der Waals surface area (Å²) in [5.41, 5.74) is 4.75. The fourth-order valence-electron chi connectivity index (χ4n) is 2.42. The first kappa shape index (κ1) is 15.0. The van der Waals surface area contributed by atoms with Crippen LogP contribution < -0.4 is 10.7 Å². The van der Waals surface area contributed by atoms with Gasteiger partial charge in [0.2, 0.25) is 0 Å². The number of hydrogen-bond donors (Lipinski definition) is 2. The van der Waals surface area contributed by atoms with Crippen molar-refractivity contribution in [2.45, 2.75) is 38.5 Å². The lowest BCUT2D eigenvalue weighted by molar-refractivity contribution is 0.584. The maximum Gasteiger partial charge on any atom is 0.253 e. The van der Waals surface area contributed by atoms with Crippen molar-refractivity contribution in [3.8, 4) is 11.1 Å². The molecule has 0 heterocycles. The first-order valence-electron chi connectivity index (χ1n) is 6.54. The smallest absolute Gasteiger partial charge is 0.253 e. The van der Waals surface area contributed by atoms with Crippen LogP contribution >= 0.6 is 0 Å². The molecule has 2 rings (SSSR count). The summed E-state index contributed by atoms with van der Waals surface area (Å²) >= 11 is 0. The molecule has 0 fully saturated rings. The third kappa shape index (κ3) is 2.44. The topological polar surface area (TPSA) is 72.2 Å². The maximum atomic E-state index is 12.1. The highest BCUT2D eigenvalue weighted by atomic mass is 32.2. The second-order valence-electron chi connectivity index (χ2n) is 5.42. The van der Waals surface area contributed by atoms with Crippen LogP contribution in [0.1, 0.15) is 36.5 Å². The Morgan fingerprint density at radius 3 is 2.30 bits per heavy atom. The van der Waals surface area contributed by atoms with Gasteiger partial charge < -0.3 is 0 Å². The zero-order valence-electron chi connectivity index (χ0n) is 12.2. The fourth-order valence-corrected chi connectivity index (χ4v) is 3.42. The van der Waals surface area contributed by atoms with E-state index in [1.165, 1.54) is 5.56 Å². The van der Waals surface area contributed by atoms with Gasteiger partial charge in [-0.05, 0) is 48.1 Å². The third-order valence-corrected chi connectivity index (χ3v) is 4.84. The number of rotatable bonds is 3. The summed E-state index contributed by atoms with van der Waals surface area (Å²) in [5.74, 6) is 5.54. The van der Waals surface area contributed by atoms with Crippen LogP contribution in [0.4, 0.5) is 0 Å². The Morgan fingerprint density at radius 1 is 1.10 bits per heavy atom. The Labute approximate surface area is 120 Å². The number of hydrazine groups is 1. The molecule has 0 amide bonds. The third-order valence-electron chi connectivity index (χ3n) is 3.63. The molecule has 0 aromatic rings. The standard InChI is InChI=1S/C15H20N2O2S/c1-9(2)12-6-5-10(3)15-13(8-12)11(4)7-14(15)20(18,19)17-16/h5-9,17H,16H2,1-4H3. The molecule has 0 aliphatic heterocycles. The van der Waals surface area contributed by atoms with Gasteiger partial charge in [0.1, 0.15) is 0 Å². The van der Waals surface area contributed by atoms with Crippen LogP contribution in [0.25, 0.3) is 11.1 Å². The Kier molecular flexibility index (Phi) is 3.86. The number of aryl methyl sites for hydroxylation is 2. The molecular formula is C15H20N2O2S. The number of sulfonamides is 1. The minimum Gasteiger partial charge on any atom is -0.257 e. The SMILES string of the molecule is Cc1cc(S(=O)(=O)NN)c2c(C)ccc(C(C)C)cc1-2. The first-order chi connectivity index (χ1) is 9.27. The number of fused-ring (bicyclic) bond motifs is 1. The van der Waals surface area contributed by atoms with Crippen molar-refractivity contribution in [2.24, 2.45) is 5.84 Å². The summed E-state index contributed by atoms with van der Waals surface area (Å²) in [6.07, 6.45) is 0. The Bertz CT molecular complexity index is 721.